The second-order valence-electron chi connectivity index (χ2n) is 6.26. The van der Waals surface area contributed by atoms with Crippen molar-refractivity contribution in [3.8, 4) is 6.07 Å². The average molecular weight is 395 g/mol. The van der Waals surface area contributed by atoms with Crippen molar-refractivity contribution in [3.63, 3.8) is 0 Å². The van der Waals surface area contributed by atoms with Crippen LogP contribution in [0.3, 0.4) is 0 Å². The topological polar surface area (TPSA) is 39.1 Å². The number of hydrogen-bond donors (Lipinski definition) is 1. The summed E-state index contributed by atoms with van der Waals surface area (Å²) >= 11 is 1.05. The van der Waals surface area contributed by atoms with Crippen LogP contribution in [0.1, 0.15) is 22.3 Å². The molecule has 0 atom stereocenters. The van der Waals surface area contributed by atoms with Gasteiger partial charge >= 0.3 is 6.18 Å². The van der Waals surface area contributed by atoms with Crippen molar-refractivity contribution in [2.24, 2.45) is 0 Å². The van der Waals surface area contributed by atoms with E-state index in [9.17, 15) is 22.8 Å². The summed E-state index contributed by atoms with van der Waals surface area (Å²) in [6.07, 6.45) is -4.67. The van der Waals surface area contributed by atoms with Crippen molar-refractivity contribution >= 4 is 17.4 Å². The molecule has 3 rings (SSSR count). The van der Waals surface area contributed by atoms with Gasteiger partial charge in [-0.25, -0.2) is 4.39 Å². The Morgan fingerprint density at radius 3 is 2.33 bits per heavy atom. The molecule has 2 aromatic rings. The zero-order valence-electron chi connectivity index (χ0n) is 14.7. The molecule has 0 unspecified atom stereocenters. The number of anilines is 1. The fraction of sp³-hybridized carbons (Fsp3) is 0.316. The van der Waals surface area contributed by atoms with Gasteiger partial charge in [0.2, 0.25) is 0 Å². The van der Waals surface area contributed by atoms with E-state index in [1.807, 2.05) is 0 Å². The van der Waals surface area contributed by atoms with Gasteiger partial charge in [0.05, 0.1) is 23.5 Å². The fourth-order valence-corrected chi connectivity index (χ4v) is 4.24. The molecule has 1 fully saturated rings. The lowest BCUT2D eigenvalue weighted by Gasteiger charge is -2.28. The van der Waals surface area contributed by atoms with Crippen molar-refractivity contribution in [1.29, 1.82) is 5.26 Å². The number of nitriles is 1. The largest absolute Gasteiger partial charge is 0.419 e. The molecule has 0 saturated carbocycles. The number of benzene rings is 2. The van der Waals surface area contributed by atoms with E-state index in [-0.39, 0.29) is 16.1 Å². The summed E-state index contributed by atoms with van der Waals surface area (Å²) < 4.78 is 55.1. The molecule has 1 aliphatic rings. The SMILES string of the molecule is Cc1c(C)c(N2CCNC2)c(C(F)(F)F)c(C#N)c1Sc1ccc(F)cc1. The van der Waals surface area contributed by atoms with Crippen molar-refractivity contribution in [1.82, 2.24) is 5.32 Å². The van der Waals surface area contributed by atoms with Gasteiger partial charge in [0.1, 0.15) is 11.9 Å². The normalized spacial score (nSPS) is 14.5. The maximum atomic E-state index is 14.0. The third-order valence-corrected chi connectivity index (χ3v) is 5.80. The van der Waals surface area contributed by atoms with E-state index in [2.05, 4.69) is 5.32 Å². The number of halogens is 4. The maximum Gasteiger partial charge on any atom is 0.419 e. The van der Waals surface area contributed by atoms with E-state index in [1.165, 1.54) is 24.3 Å². The first-order chi connectivity index (χ1) is 12.7. The molecule has 3 nitrogen and oxygen atoms in total. The number of nitrogens with zero attached hydrogens (tertiary/aromatic N) is 2. The van der Waals surface area contributed by atoms with Gasteiger partial charge < -0.3 is 4.90 Å². The van der Waals surface area contributed by atoms with Gasteiger partial charge in [-0.2, -0.15) is 18.4 Å². The van der Waals surface area contributed by atoms with Crippen molar-refractivity contribution in [3.05, 3.63) is 52.3 Å². The van der Waals surface area contributed by atoms with Crippen molar-refractivity contribution in [2.45, 2.75) is 29.8 Å². The molecule has 1 heterocycles. The minimum Gasteiger partial charge on any atom is -0.357 e. The van der Waals surface area contributed by atoms with E-state index >= 15 is 0 Å². The standard InChI is InChI=1S/C19H17F4N3S/c1-11-12(2)18(27-14-5-3-13(20)4-6-14)15(9-24)16(19(21,22)23)17(11)26-8-7-25-10-26/h3-6,25H,7-8,10H2,1-2H3. The smallest absolute Gasteiger partial charge is 0.357 e. The minimum absolute atomic E-state index is 0.0602. The van der Waals surface area contributed by atoms with Crippen LogP contribution in [0.4, 0.5) is 23.2 Å². The zero-order chi connectivity index (χ0) is 19.8. The predicted octanol–water partition coefficient (Wildman–Crippen LogP) is 4.85. The Hall–Kier alpha value is -2.24. The molecule has 1 aliphatic heterocycles. The van der Waals surface area contributed by atoms with E-state index < -0.39 is 17.6 Å². The fourth-order valence-electron chi connectivity index (χ4n) is 3.18. The second-order valence-corrected chi connectivity index (χ2v) is 7.35. The number of nitrogens with one attached hydrogen (secondary N) is 1. The molecule has 27 heavy (non-hydrogen) atoms. The highest BCUT2D eigenvalue weighted by molar-refractivity contribution is 7.99. The Morgan fingerprint density at radius 2 is 1.81 bits per heavy atom. The van der Waals surface area contributed by atoms with E-state index in [1.54, 1.807) is 24.8 Å². The molecule has 8 heteroatoms. The second kappa shape index (κ2) is 7.41. The lowest BCUT2D eigenvalue weighted by molar-refractivity contribution is -0.137. The molecule has 0 aliphatic carbocycles. The molecule has 1 saturated heterocycles. The Kier molecular flexibility index (Phi) is 5.36. The molecular weight excluding hydrogens is 378 g/mol. The summed E-state index contributed by atoms with van der Waals surface area (Å²) in [6.45, 7) is 4.70. The summed E-state index contributed by atoms with van der Waals surface area (Å²) in [5.41, 5.74) is -0.112. The Morgan fingerprint density at radius 1 is 1.15 bits per heavy atom. The van der Waals surface area contributed by atoms with Crippen LogP contribution in [0.5, 0.6) is 0 Å². The highest BCUT2D eigenvalue weighted by Gasteiger charge is 2.41. The van der Waals surface area contributed by atoms with Gasteiger partial charge in [-0.05, 0) is 49.2 Å². The molecule has 0 spiro atoms. The van der Waals surface area contributed by atoms with Crippen LogP contribution < -0.4 is 10.2 Å². The Balaban J connectivity index is 2.24. The highest BCUT2D eigenvalue weighted by Crippen LogP contribution is 2.47. The first-order valence-corrected chi connectivity index (χ1v) is 9.09. The van der Waals surface area contributed by atoms with Crippen LogP contribution >= 0.6 is 11.8 Å². The lowest BCUT2D eigenvalue weighted by Crippen LogP contribution is -2.27. The average Bonchev–Trinajstić information content (AvgIpc) is 3.14. The minimum atomic E-state index is -4.67. The maximum absolute atomic E-state index is 14.0. The number of alkyl halides is 3. The monoisotopic (exact) mass is 395 g/mol. The summed E-state index contributed by atoms with van der Waals surface area (Å²) in [7, 11) is 0. The van der Waals surface area contributed by atoms with Crippen LogP contribution in [0.2, 0.25) is 0 Å². The number of hydrogen-bond acceptors (Lipinski definition) is 4. The molecular formula is C19H17F4N3S. The van der Waals surface area contributed by atoms with Crippen LogP contribution in [0.15, 0.2) is 34.1 Å². The van der Waals surface area contributed by atoms with Crippen LogP contribution in [0, 0.1) is 31.0 Å². The van der Waals surface area contributed by atoms with Crippen LogP contribution in [0.25, 0.3) is 0 Å². The molecule has 0 amide bonds. The van der Waals surface area contributed by atoms with Crippen LogP contribution in [-0.4, -0.2) is 19.8 Å². The lowest BCUT2D eigenvalue weighted by atomic mass is 9.96. The van der Waals surface area contributed by atoms with E-state index in [0.717, 1.165) is 11.8 Å². The predicted molar refractivity (Wildman–Crippen MR) is 96.4 cm³/mol. The molecule has 1 N–H and O–H groups in total. The van der Waals surface area contributed by atoms with Gasteiger partial charge in [-0.3, -0.25) is 5.32 Å². The summed E-state index contributed by atoms with van der Waals surface area (Å²) in [5.74, 6) is -0.430. The van der Waals surface area contributed by atoms with Crippen molar-refractivity contribution in [2.75, 3.05) is 24.7 Å². The first-order valence-electron chi connectivity index (χ1n) is 8.27. The van der Waals surface area contributed by atoms with E-state index in [4.69, 9.17) is 0 Å². The summed E-state index contributed by atoms with van der Waals surface area (Å²) in [6, 6.07) is 7.23. The quantitative estimate of drug-likeness (QED) is 0.754. The Bertz CT molecular complexity index is 895. The van der Waals surface area contributed by atoms with Gasteiger partial charge in [-0.15, -0.1) is 0 Å². The molecule has 0 aromatic heterocycles. The van der Waals surface area contributed by atoms with Gasteiger partial charge in [0.25, 0.3) is 0 Å². The number of rotatable bonds is 3. The van der Waals surface area contributed by atoms with E-state index in [0.29, 0.717) is 35.8 Å². The highest BCUT2D eigenvalue weighted by atomic mass is 32.2. The van der Waals surface area contributed by atoms with Gasteiger partial charge in [0, 0.05) is 22.9 Å². The molecule has 0 radical (unpaired) electrons. The van der Waals surface area contributed by atoms with Crippen LogP contribution in [-0.2, 0) is 6.18 Å². The van der Waals surface area contributed by atoms with Crippen molar-refractivity contribution < 1.29 is 17.6 Å². The molecule has 142 valence electrons. The summed E-state index contributed by atoms with van der Waals surface area (Å²) in [5, 5.41) is 12.6. The third kappa shape index (κ3) is 3.75. The molecule has 0 bridgehead atoms. The third-order valence-electron chi connectivity index (χ3n) is 4.58. The first kappa shape index (κ1) is 19.5. The Labute approximate surface area is 159 Å². The van der Waals surface area contributed by atoms with Gasteiger partial charge in [0.15, 0.2) is 0 Å². The van der Waals surface area contributed by atoms with Gasteiger partial charge in [-0.1, -0.05) is 11.8 Å². The molecule has 2 aromatic carbocycles. The zero-order valence-corrected chi connectivity index (χ0v) is 15.6. The summed E-state index contributed by atoms with van der Waals surface area (Å²) in [4.78, 5) is 2.45.